The number of nitrogens with one attached hydrogen (secondary N) is 2. The number of aromatic amines is 1. The number of pyridine rings is 1. The van der Waals surface area contributed by atoms with E-state index in [0.717, 1.165) is 22.5 Å². The first-order valence-electron chi connectivity index (χ1n) is 8.32. The normalized spacial score (nSPS) is 12.2. The Morgan fingerprint density at radius 2 is 1.79 bits per heavy atom. The molecular formula is C17H17F4N3O4S. The summed E-state index contributed by atoms with van der Waals surface area (Å²) in [5, 5.41) is 1.98. The Morgan fingerprint density at radius 1 is 1.17 bits per heavy atom. The Bertz CT molecular complexity index is 1080. The zero-order valence-corrected chi connectivity index (χ0v) is 16.1. The number of benzene rings is 1. The van der Waals surface area contributed by atoms with Crippen LogP contribution in [0.3, 0.4) is 0 Å². The average molecular weight is 435 g/mol. The second kappa shape index (κ2) is 8.33. The highest BCUT2D eigenvalue weighted by Gasteiger charge is 2.32. The molecule has 1 aromatic heterocycles. The number of amides is 1. The van der Waals surface area contributed by atoms with Crippen molar-refractivity contribution < 1.29 is 30.8 Å². The molecule has 0 radical (unpaired) electrons. The van der Waals surface area contributed by atoms with Crippen LogP contribution in [0.5, 0.6) is 0 Å². The number of sulfonamides is 1. The molecule has 0 saturated carbocycles. The van der Waals surface area contributed by atoms with Gasteiger partial charge in [0.2, 0.25) is 10.0 Å². The van der Waals surface area contributed by atoms with Crippen molar-refractivity contribution in [2.75, 3.05) is 18.4 Å². The van der Waals surface area contributed by atoms with Gasteiger partial charge in [-0.25, -0.2) is 12.8 Å². The molecule has 0 saturated heterocycles. The van der Waals surface area contributed by atoms with E-state index < -0.39 is 49.6 Å². The number of alkyl halides is 3. The molecule has 2 rings (SSSR count). The number of H-pyrrole nitrogens is 1. The van der Waals surface area contributed by atoms with E-state index in [1.807, 2.05) is 10.3 Å². The molecule has 29 heavy (non-hydrogen) atoms. The van der Waals surface area contributed by atoms with Crippen LogP contribution >= 0.6 is 0 Å². The summed E-state index contributed by atoms with van der Waals surface area (Å²) in [6.45, 7) is 3.23. The molecule has 2 aromatic rings. The van der Waals surface area contributed by atoms with Crippen LogP contribution in [-0.2, 0) is 16.2 Å². The van der Waals surface area contributed by atoms with Gasteiger partial charge in [-0.05, 0) is 24.3 Å². The molecule has 1 heterocycles. The number of rotatable bonds is 6. The van der Waals surface area contributed by atoms with E-state index in [4.69, 9.17) is 0 Å². The van der Waals surface area contributed by atoms with Gasteiger partial charge in [-0.3, -0.25) is 9.59 Å². The standard InChI is InChI=1S/C17H17F4N3O4S/c1-3-24(4-2)29(27,28)14-7-10(5-6-12(14)18)15(25)23-13-8-11(17(19,20)21)9-22-16(13)26/h5-9H,3-4H2,1-2H3,(H,22,26)(H,23,25). The van der Waals surface area contributed by atoms with Gasteiger partial charge >= 0.3 is 6.18 Å². The minimum atomic E-state index is -4.76. The fourth-order valence-electron chi connectivity index (χ4n) is 2.48. The summed E-state index contributed by atoms with van der Waals surface area (Å²) in [5.74, 6) is -2.17. The van der Waals surface area contributed by atoms with Crippen LogP contribution in [0.15, 0.2) is 40.2 Å². The van der Waals surface area contributed by atoms with Gasteiger partial charge in [0.05, 0.1) is 5.56 Å². The maximum absolute atomic E-state index is 14.1. The van der Waals surface area contributed by atoms with Crippen molar-refractivity contribution in [1.29, 1.82) is 0 Å². The number of nitrogens with zero attached hydrogens (tertiary/aromatic N) is 1. The summed E-state index contributed by atoms with van der Waals surface area (Å²) < 4.78 is 78.5. The van der Waals surface area contributed by atoms with Gasteiger partial charge in [0.15, 0.2) is 0 Å². The topological polar surface area (TPSA) is 99.3 Å². The SMILES string of the molecule is CCN(CC)S(=O)(=O)c1cc(C(=O)Nc2cc(C(F)(F)F)c[nH]c2=O)ccc1F. The second-order valence-corrected chi connectivity index (χ2v) is 7.72. The Labute approximate surface area is 163 Å². The summed E-state index contributed by atoms with van der Waals surface area (Å²) >= 11 is 0. The molecule has 7 nitrogen and oxygen atoms in total. The van der Waals surface area contributed by atoms with Crippen molar-refractivity contribution in [3.8, 4) is 0 Å². The molecule has 0 aliphatic heterocycles. The number of anilines is 1. The van der Waals surface area contributed by atoms with Crippen LogP contribution in [0.1, 0.15) is 29.8 Å². The van der Waals surface area contributed by atoms with Gasteiger partial charge in [-0.15, -0.1) is 0 Å². The van der Waals surface area contributed by atoms with E-state index in [9.17, 15) is 35.6 Å². The fraction of sp³-hybridized carbons (Fsp3) is 0.294. The molecule has 0 bridgehead atoms. The molecule has 0 aliphatic rings. The predicted molar refractivity (Wildman–Crippen MR) is 96.5 cm³/mol. The first-order chi connectivity index (χ1) is 13.4. The van der Waals surface area contributed by atoms with E-state index in [1.165, 1.54) is 0 Å². The number of hydrogen-bond donors (Lipinski definition) is 2. The fourth-order valence-corrected chi connectivity index (χ4v) is 4.03. The van der Waals surface area contributed by atoms with Crippen LogP contribution in [-0.4, -0.2) is 36.7 Å². The first-order valence-corrected chi connectivity index (χ1v) is 9.76. The Morgan fingerprint density at radius 3 is 2.34 bits per heavy atom. The van der Waals surface area contributed by atoms with Gasteiger partial charge in [0.25, 0.3) is 11.5 Å². The summed E-state index contributed by atoms with van der Waals surface area (Å²) in [4.78, 5) is 25.2. The highest BCUT2D eigenvalue weighted by atomic mass is 32.2. The lowest BCUT2D eigenvalue weighted by atomic mass is 10.2. The number of hydrogen-bond acceptors (Lipinski definition) is 4. The molecule has 2 N–H and O–H groups in total. The van der Waals surface area contributed by atoms with Gasteiger partial charge in [-0.1, -0.05) is 13.8 Å². The van der Waals surface area contributed by atoms with Crippen LogP contribution in [0.25, 0.3) is 0 Å². The second-order valence-electron chi connectivity index (χ2n) is 5.82. The van der Waals surface area contributed by atoms with E-state index in [1.54, 1.807) is 13.8 Å². The van der Waals surface area contributed by atoms with Crippen molar-refractivity contribution in [2.45, 2.75) is 24.9 Å². The van der Waals surface area contributed by atoms with Gasteiger partial charge < -0.3 is 10.3 Å². The Balaban J connectivity index is 2.43. The lowest BCUT2D eigenvalue weighted by Crippen LogP contribution is -2.31. The van der Waals surface area contributed by atoms with Gasteiger partial charge in [0.1, 0.15) is 16.4 Å². The maximum atomic E-state index is 14.1. The van der Waals surface area contributed by atoms with E-state index in [0.29, 0.717) is 12.3 Å². The molecular weight excluding hydrogens is 418 g/mol. The van der Waals surface area contributed by atoms with Crippen molar-refractivity contribution in [2.24, 2.45) is 0 Å². The molecule has 0 atom stereocenters. The number of carbonyl (C=O) groups excluding carboxylic acids is 1. The van der Waals surface area contributed by atoms with Crippen molar-refractivity contribution in [1.82, 2.24) is 9.29 Å². The van der Waals surface area contributed by atoms with Crippen molar-refractivity contribution in [3.63, 3.8) is 0 Å². The predicted octanol–water partition coefficient (Wildman–Crippen LogP) is 2.82. The molecule has 1 aromatic carbocycles. The largest absolute Gasteiger partial charge is 0.417 e. The summed E-state index contributed by atoms with van der Waals surface area (Å²) in [7, 11) is -4.23. The molecule has 0 fully saturated rings. The number of aromatic nitrogens is 1. The lowest BCUT2D eigenvalue weighted by molar-refractivity contribution is -0.137. The monoisotopic (exact) mass is 435 g/mol. The highest BCUT2D eigenvalue weighted by molar-refractivity contribution is 7.89. The molecule has 0 unspecified atom stereocenters. The van der Waals surface area contributed by atoms with Gasteiger partial charge in [0, 0.05) is 24.8 Å². The summed E-state index contributed by atoms with van der Waals surface area (Å²) in [6.07, 6.45) is -4.31. The minimum absolute atomic E-state index is 0.0638. The van der Waals surface area contributed by atoms with E-state index >= 15 is 0 Å². The Hall–Kier alpha value is -2.73. The molecule has 0 aliphatic carbocycles. The third-order valence-corrected chi connectivity index (χ3v) is 6.06. The average Bonchev–Trinajstić information content (AvgIpc) is 2.63. The molecule has 158 valence electrons. The lowest BCUT2D eigenvalue weighted by Gasteiger charge is -2.19. The zero-order chi connectivity index (χ0) is 22.0. The first kappa shape index (κ1) is 22.6. The van der Waals surface area contributed by atoms with Crippen molar-refractivity contribution >= 4 is 21.6 Å². The molecule has 12 heteroatoms. The van der Waals surface area contributed by atoms with Crippen molar-refractivity contribution in [3.05, 3.63) is 57.8 Å². The third-order valence-electron chi connectivity index (χ3n) is 4.00. The molecule has 1 amide bonds. The number of halogens is 4. The summed E-state index contributed by atoms with van der Waals surface area (Å²) in [6, 6.07) is 2.91. The Kier molecular flexibility index (Phi) is 6.48. The summed E-state index contributed by atoms with van der Waals surface area (Å²) in [5.41, 5.74) is -3.24. The number of carbonyl (C=O) groups is 1. The maximum Gasteiger partial charge on any atom is 0.417 e. The smallest absolute Gasteiger partial charge is 0.327 e. The van der Waals surface area contributed by atoms with Crippen LogP contribution < -0.4 is 10.9 Å². The van der Waals surface area contributed by atoms with Crippen LogP contribution in [0, 0.1) is 5.82 Å². The minimum Gasteiger partial charge on any atom is -0.327 e. The van der Waals surface area contributed by atoms with E-state index in [-0.39, 0.29) is 18.7 Å². The quantitative estimate of drug-likeness (QED) is 0.682. The van der Waals surface area contributed by atoms with Crippen LogP contribution in [0.2, 0.25) is 0 Å². The zero-order valence-electron chi connectivity index (χ0n) is 15.3. The molecule has 0 spiro atoms. The third kappa shape index (κ3) is 4.82. The van der Waals surface area contributed by atoms with Crippen LogP contribution in [0.4, 0.5) is 23.2 Å². The van der Waals surface area contributed by atoms with E-state index in [2.05, 4.69) is 0 Å². The van der Waals surface area contributed by atoms with Gasteiger partial charge in [-0.2, -0.15) is 17.5 Å². The highest BCUT2D eigenvalue weighted by Crippen LogP contribution is 2.29.